The Balaban J connectivity index is 1.63. The molecule has 0 saturated carbocycles. The Labute approximate surface area is 179 Å². The molecule has 4 rings (SSSR count). The van der Waals surface area contributed by atoms with Crippen LogP contribution in [0.4, 0.5) is 5.69 Å². The van der Waals surface area contributed by atoms with E-state index in [-0.39, 0.29) is 5.91 Å². The van der Waals surface area contributed by atoms with E-state index >= 15 is 0 Å². The molecule has 0 saturated heterocycles. The molecule has 30 heavy (non-hydrogen) atoms. The van der Waals surface area contributed by atoms with Gasteiger partial charge in [-0.15, -0.1) is 0 Å². The maximum atomic E-state index is 13.3. The van der Waals surface area contributed by atoms with Gasteiger partial charge in [0.25, 0.3) is 0 Å². The van der Waals surface area contributed by atoms with Crippen LogP contribution in [0, 0.1) is 6.92 Å². The minimum atomic E-state index is -0.470. The van der Waals surface area contributed by atoms with Crippen molar-refractivity contribution in [2.24, 2.45) is 0 Å². The molecule has 152 valence electrons. The Morgan fingerprint density at radius 3 is 2.67 bits per heavy atom. The van der Waals surface area contributed by atoms with E-state index in [9.17, 15) is 4.79 Å². The molecular weight excluding hydrogens is 394 g/mol. The lowest BCUT2D eigenvalue weighted by molar-refractivity contribution is -0.115. The highest BCUT2D eigenvalue weighted by molar-refractivity contribution is 8.00. The summed E-state index contributed by atoms with van der Waals surface area (Å²) in [6, 6.07) is 23.3. The lowest BCUT2D eigenvalue weighted by Gasteiger charge is -2.17. The Morgan fingerprint density at radius 1 is 1.10 bits per heavy atom. The number of benzene rings is 3. The van der Waals surface area contributed by atoms with Gasteiger partial charge in [0.05, 0.1) is 23.3 Å². The van der Waals surface area contributed by atoms with Crippen LogP contribution in [0.2, 0.25) is 0 Å². The number of ether oxygens (including phenoxy) is 1. The number of nitrogens with one attached hydrogen (secondary N) is 2. The second kappa shape index (κ2) is 9.05. The van der Waals surface area contributed by atoms with Gasteiger partial charge in [-0.1, -0.05) is 60.3 Å². The van der Waals surface area contributed by atoms with Crippen LogP contribution < -0.4 is 10.1 Å². The van der Waals surface area contributed by atoms with E-state index in [1.807, 2.05) is 80.6 Å². The van der Waals surface area contributed by atoms with Crippen LogP contribution in [0.25, 0.3) is 11.0 Å². The first kappa shape index (κ1) is 20.0. The molecule has 5 nitrogen and oxygen atoms in total. The van der Waals surface area contributed by atoms with E-state index in [4.69, 9.17) is 4.74 Å². The van der Waals surface area contributed by atoms with Crippen LogP contribution in [-0.4, -0.2) is 22.5 Å². The summed E-state index contributed by atoms with van der Waals surface area (Å²) in [5.74, 6) is 0.527. The van der Waals surface area contributed by atoms with Crippen LogP contribution >= 0.6 is 11.8 Å². The summed E-state index contributed by atoms with van der Waals surface area (Å²) in [6.45, 7) is 4.50. The predicted molar refractivity (Wildman–Crippen MR) is 122 cm³/mol. The number of carbonyl (C=O) groups is 1. The van der Waals surface area contributed by atoms with E-state index in [1.165, 1.54) is 11.8 Å². The number of aromatic nitrogens is 2. The smallest absolute Gasteiger partial charge is 0.242 e. The molecule has 6 heteroatoms. The quantitative estimate of drug-likeness (QED) is 0.376. The number of carbonyl (C=O) groups excluding carboxylic acids is 1. The van der Waals surface area contributed by atoms with Gasteiger partial charge in [-0.25, -0.2) is 4.98 Å². The third-order valence-electron chi connectivity index (χ3n) is 4.63. The molecule has 4 aromatic rings. The van der Waals surface area contributed by atoms with Crippen LogP contribution in [0.1, 0.15) is 23.3 Å². The topological polar surface area (TPSA) is 67.0 Å². The van der Waals surface area contributed by atoms with Gasteiger partial charge in [-0.3, -0.25) is 4.79 Å². The third kappa shape index (κ3) is 4.49. The molecular formula is C24H23N3O2S. The molecule has 0 aliphatic carbocycles. The van der Waals surface area contributed by atoms with Crippen molar-refractivity contribution < 1.29 is 9.53 Å². The summed E-state index contributed by atoms with van der Waals surface area (Å²) in [5, 5.41) is 3.27. The average Bonchev–Trinajstić information content (AvgIpc) is 3.16. The number of amides is 1. The zero-order chi connectivity index (χ0) is 20.9. The minimum Gasteiger partial charge on any atom is -0.492 e. The van der Waals surface area contributed by atoms with Crippen LogP contribution in [0.15, 0.2) is 78.0 Å². The normalized spacial score (nSPS) is 11.9. The summed E-state index contributed by atoms with van der Waals surface area (Å²) in [4.78, 5) is 21.3. The van der Waals surface area contributed by atoms with Crippen LogP contribution in [-0.2, 0) is 4.79 Å². The van der Waals surface area contributed by atoms with E-state index in [0.717, 1.165) is 22.2 Å². The van der Waals surface area contributed by atoms with Gasteiger partial charge in [0, 0.05) is 0 Å². The van der Waals surface area contributed by atoms with Gasteiger partial charge in [-0.2, -0.15) is 0 Å². The predicted octanol–water partition coefficient (Wildman–Crippen LogP) is 5.74. The first-order valence-electron chi connectivity index (χ1n) is 9.84. The number of aromatic amines is 1. The van der Waals surface area contributed by atoms with Gasteiger partial charge in [0.15, 0.2) is 5.16 Å². The van der Waals surface area contributed by atoms with E-state index in [2.05, 4.69) is 21.4 Å². The standard InChI is InChI=1S/C24H23N3O2S/c1-3-29-21-12-8-7-11-19(21)25-23(28)22(17-9-5-4-6-10-17)30-24-26-18-14-13-16(2)15-20(18)27-24/h4-15,22H,3H2,1-2H3,(H,25,28)(H,26,27)/t22-/m1/s1. The van der Waals surface area contributed by atoms with Gasteiger partial charge >= 0.3 is 0 Å². The van der Waals surface area contributed by atoms with Gasteiger partial charge in [0.2, 0.25) is 5.91 Å². The number of nitrogens with zero attached hydrogens (tertiary/aromatic N) is 1. The molecule has 1 heterocycles. The highest BCUT2D eigenvalue weighted by Gasteiger charge is 2.24. The average molecular weight is 418 g/mol. The molecule has 0 radical (unpaired) electrons. The molecule has 1 aromatic heterocycles. The minimum absolute atomic E-state index is 0.130. The number of H-pyrrole nitrogens is 1. The fourth-order valence-corrected chi connectivity index (χ4v) is 4.22. The summed E-state index contributed by atoms with van der Waals surface area (Å²) in [6.07, 6.45) is 0. The highest BCUT2D eigenvalue weighted by Crippen LogP contribution is 2.36. The highest BCUT2D eigenvalue weighted by atomic mass is 32.2. The Morgan fingerprint density at radius 2 is 1.87 bits per heavy atom. The SMILES string of the molecule is CCOc1ccccc1NC(=O)[C@H](Sc1nc2ccc(C)cc2[nH]1)c1ccccc1. The van der Waals surface area contributed by atoms with Crippen molar-refractivity contribution in [2.45, 2.75) is 24.3 Å². The maximum Gasteiger partial charge on any atom is 0.242 e. The van der Waals surface area contributed by atoms with Crippen molar-refractivity contribution >= 4 is 34.4 Å². The summed E-state index contributed by atoms with van der Waals surface area (Å²) in [7, 11) is 0. The maximum absolute atomic E-state index is 13.3. The Hall–Kier alpha value is -3.25. The van der Waals surface area contributed by atoms with E-state index < -0.39 is 5.25 Å². The van der Waals surface area contributed by atoms with E-state index in [0.29, 0.717) is 23.2 Å². The largest absolute Gasteiger partial charge is 0.492 e. The number of thioether (sulfide) groups is 1. The second-order valence-corrected chi connectivity index (χ2v) is 7.98. The zero-order valence-electron chi connectivity index (χ0n) is 16.9. The van der Waals surface area contributed by atoms with Crippen molar-refractivity contribution in [3.63, 3.8) is 0 Å². The molecule has 0 unspecified atom stereocenters. The van der Waals surface area contributed by atoms with Gasteiger partial charge < -0.3 is 15.0 Å². The molecule has 2 N–H and O–H groups in total. The molecule has 1 atom stereocenters. The van der Waals surface area contributed by atoms with Gasteiger partial charge in [-0.05, 0) is 49.2 Å². The lowest BCUT2D eigenvalue weighted by atomic mass is 10.1. The molecule has 0 bridgehead atoms. The van der Waals surface area contributed by atoms with Crippen LogP contribution in [0.3, 0.4) is 0 Å². The van der Waals surface area contributed by atoms with E-state index in [1.54, 1.807) is 0 Å². The van der Waals surface area contributed by atoms with Crippen molar-refractivity contribution in [3.05, 3.63) is 83.9 Å². The number of hydrogen-bond acceptors (Lipinski definition) is 4. The summed E-state index contributed by atoms with van der Waals surface area (Å²) in [5.41, 5.74) is 4.58. The molecule has 0 aliphatic rings. The summed E-state index contributed by atoms with van der Waals surface area (Å²) >= 11 is 1.40. The number of para-hydroxylation sites is 2. The first-order valence-corrected chi connectivity index (χ1v) is 10.7. The fraction of sp³-hybridized carbons (Fsp3) is 0.167. The first-order chi connectivity index (χ1) is 14.6. The second-order valence-electron chi connectivity index (χ2n) is 6.89. The number of anilines is 1. The van der Waals surface area contributed by atoms with Gasteiger partial charge in [0.1, 0.15) is 11.0 Å². The number of imidazole rings is 1. The fourth-order valence-electron chi connectivity index (χ4n) is 3.22. The molecule has 0 aliphatic heterocycles. The Bertz CT molecular complexity index is 1160. The number of rotatable bonds is 7. The van der Waals surface area contributed by atoms with Crippen molar-refractivity contribution in [1.82, 2.24) is 9.97 Å². The molecule has 1 amide bonds. The monoisotopic (exact) mass is 417 g/mol. The zero-order valence-corrected chi connectivity index (χ0v) is 17.7. The molecule has 0 fully saturated rings. The Kier molecular flexibility index (Phi) is 6.05. The number of fused-ring (bicyclic) bond motifs is 1. The summed E-state index contributed by atoms with van der Waals surface area (Å²) < 4.78 is 5.65. The molecule has 3 aromatic carbocycles. The van der Waals surface area contributed by atoms with Crippen molar-refractivity contribution in [3.8, 4) is 5.75 Å². The van der Waals surface area contributed by atoms with Crippen molar-refractivity contribution in [1.29, 1.82) is 0 Å². The van der Waals surface area contributed by atoms with Crippen molar-refractivity contribution in [2.75, 3.05) is 11.9 Å². The van der Waals surface area contributed by atoms with Crippen LogP contribution in [0.5, 0.6) is 5.75 Å². The number of aryl methyl sites for hydroxylation is 1. The molecule has 0 spiro atoms. The third-order valence-corrected chi connectivity index (χ3v) is 5.77. The lowest BCUT2D eigenvalue weighted by Crippen LogP contribution is -2.19. The number of hydrogen-bond donors (Lipinski definition) is 2.